The Morgan fingerprint density at radius 3 is 1.67 bits per heavy atom. The standard InChI is InChI=1S/C47H86O14P2/c1-4-5-6-7-23-28-33-44-45(61-44)34-29-24-19-17-21-26-31-36-47(50)60-43(40-59-63(54,55)58-38-42(48)37-57-62(51,52)53)39-56-46(49)35-30-25-20-16-14-12-10-8-9-11-13-15-18-22-27-32-41(2)3/h17,21,23-24,28-29,41-45,48H,4-16,18-20,22,25-27,30-40H2,1-3H3,(H,54,55)(H2,51,52,53)/b21-17-,28-23-,29-24-/t42-,43+,44?,45?/m0/s1. The number of phosphoric ester groups is 2. The van der Waals surface area contributed by atoms with Crippen LogP contribution in [0.1, 0.15) is 194 Å². The molecule has 0 bridgehead atoms. The summed E-state index contributed by atoms with van der Waals surface area (Å²) in [5, 5.41) is 9.77. The van der Waals surface area contributed by atoms with E-state index in [2.05, 4.69) is 49.6 Å². The van der Waals surface area contributed by atoms with Gasteiger partial charge >= 0.3 is 27.6 Å². The van der Waals surface area contributed by atoms with Crippen LogP contribution in [0, 0.1) is 5.92 Å². The highest BCUT2D eigenvalue weighted by molar-refractivity contribution is 7.47. The number of allylic oxidation sites excluding steroid dienone is 4. The van der Waals surface area contributed by atoms with Crippen LogP contribution in [0.15, 0.2) is 36.5 Å². The van der Waals surface area contributed by atoms with E-state index in [0.717, 1.165) is 50.9 Å². The summed E-state index contributed by atoms with van der Waals surface area (Å²) >= 11 is 0. The summed E-state index contributed by atoms with van der Waals surface area (Å²) in [4.78, 5) is 52.8. The van der Waals surface area contributed by atoms with Crippen molar-refractivity contribution in [3.63, 3.8) is 0 Å². The molecule has 1 rings (SSSR count). The van der Waals surface area contributed by atoms with E-state index in [4.69, 9.17) is 33.0 Å². The number of carbonyl (C=O) groups excluding carboxylic acids is 2. The zero-order valence-electron chi connectivity index (χ0n) is 39.0. The molecule has 4 N–H and O–H groups in total. The van der Waals surface area contributed by atoms with Crippen molar-refractivity contribution in [1.29, 1.82) is 0 Å². The fourth-order valence-corrected chi connectivity index (χ4v) is 7.96. The van der Waals surface area contributed by atoms with E-state index in [1.807, 2.05) is 12.2 Å². The molecule has 63 heavy (non-hydrogen) atoms. The summed E-state index contributed by atoms with van der Waals surface area (Å²) in [5.41, 5.74) is 0. The van der Waals surface area contributed by atoms with Gasteiger partial charge in [0.15, 0.2) is 6.10 Å². The van der Waals surface area contributed by atoms with Crippen LogP contribution in [0.5, 0.6) is 0 Å². The van der Waals surface area contributed by atoms with E-state index in [0.29, 0.717) is 31.5 Å². The number of rotatable bonds is 44. The zero-order chi connectivity index (χ0) is 46.4. The lowest BCUT2D eigenvalue weighted by atomic mass is 10.0. The van der Waals surface area contributed by atoms with Gasteiger partial charge in [-0.1, -0.05) is 166 Å². The highest BCUT2D eigenvalue weighted by atomic mass is 31.2. The van der Waals surface area contributed by atoms with Crippen LogP contribution >= 0.6 is 15.6 Å². The number of ether oxygens (including phenoxy) is 3. The third kappa shape index (κ3) is 40.3. The molecule has 3 unspecified atom stereocenters. The molecule has 1 fully saturated rings. The molecule has 0 aromatic carbocycles. The first-order valence-corrected chi connectivity index (χ1v) is 27.2. The fourth-order valence-electron chi connectivity index (χ4n) is 6.80. The van der Waals surface area contributed by atoms with Gasteiger partial charge in [-0.15, -0.1) is 0 Å². The summed E-state index contributed by atoms with van der Waals surface area (Å²) in [6.07, 6.45) is 38.8. The van der Waals surface area contributed by atoms with Gasteiger partial charge in [-0.3, -0.25) is 23.2 Å². The minimum Gasteiger partial charge on any atom is -0.462 e. The van der Waals surface area contributed by atoms with E-state index in [1.165, 1.54) is 96.3 Å². The van der Waals surface area contributed by atoms with Crippen LogP contribution in [0.4, 0.5) is 0 Å². The summed E-state index contributed by atoms with van der Waals surface area (Å²) < 4.78 is 53.6. The van der Waals surface area contributed by atoms with Gasteiger partial charge in [0, 0.05) is 12.8 Å². The molecule has 0 radical (unpaired) electrons. The fraction of sp³-hybridized carbons (Fsp3) is 0.830. The minimum atomic E-state index is -4.87. The van der Waals surface area contributed by atoms with Crippen molar-refractivity contribution in [3.8, 4) is 0 Å². The number of phosphoric acid groups is 2. The number of unbranched alkanes of at least 4 members (excludes halogenated alkanes) is 18. The smallest absolute Gasteiger partial charge is 0.462 e. The van der Waals surface area contributed by atoms with E-state index < -0.39 is 66.2 Å². The SMILES string of the molecule is CCCCC/C=C\CC1OC1C/C=C\C/C=C\CCCC(=O)O[C@H](COC(=O)CCCCCCCCCCCCCCCCCC(C)C)COP(=O)(O)OC[C@@H](O)COP(=O)(O)O. The second-order valence-corrected chi connectivity index (χ2v) is 19.9. The highest BCUT2D eigenvalue weighted by Crippen LogP contribution is 2.44. The summed E-state index contributed by atoms with van der Waals surface area (Å²) in [6.45, 7) is 4.02. The van der Waals surface area contributed by atoms with Gasteiger partial charge in [-0.2, -0.15) is 0 Å². The average Bonchev–Trinajstić information content (AvgIpc) is 3.99. The number of epoxide rings is 1. The number of esters is 2. The van der Waals surface area contributed by atoms with Crippen molar-refractivity contribution in [2.45, 2.75) is 219 Å². The molecule has 1 heterocycles. The summed E-state index contributed by atoms with van der Waals surface area (Å²) in [6, 6.07) is 0. The zero-order valence-corrected chi connectivity index (χ0v) is 40.8. The van der Waals surface area contributed by atoms with Crippen molar-refractivity contribution >= 4 is 27.6 Å². The van der Waals surface area contributed by atoms with Crippen molar-refractivity contribution < 1.29 is 66.3 Å². The average molecular weight is 937 g/mol. The van der Waals surface area contributed by atoms with Crippen LogP contribution in [0.2, 0.25) is 0 Å². The first kappa shape index (κ1) is 59.3. The molecule has 14 nitrogen and oxygen atoms in total. The maximum absolute atomic E-state index is 12.7. The molecule has 1 aliphatic heterocycles. The molecule has 0 amide bonds. The van der Waals surface area contributed by atoms with E-state index in [9.17, 15) is 28.7 Å². The molecule has 1 saturated heterocycles. The predicted octanol–water partition coefficient (Wildman–Crippen LogP) is 11.7. The molecule has 16 heteroatoms. The van der Waals surface area contributed by atoms with E-state index in [1.54, 1.807) is 0 Å². The van der Waals surface area contributed by atoms with Crippen molar-refractivity contribution in [2.75, 3.05) is 26.4 Å². The molecule has 0 spiro atoms. The molecule has 5 atom stereocenters. The lowest BCUT2D eigenvalue weighted by molar-refractivity contribution is -0.161. The molecule has 0 aromatic rings. The Balaban J connectivity index is 2.35. The number of aliphatic hydroxyl groups is 1. The summed E-state index contributed by atoms with van der Waals surface area (Å²) in [5.74, 6) is -0.281. The van der Waals surface area contributed by atoms with Crippen LogP contribution < -0.4 is 0 Å². The number of aliphatic hydroxyl groups excluding tert-OH is 1. The lowest BCUT2D eigenvalue weighted by Gasteiger charge is -2.20. The number of hydrogen-bond acceptors (Lipinski definition) is 11. The normalized spacial score (nSPS) is 17.5. The Morgan fingerprint density at radius 2 is 1.08 bits per heavy atom. The molecular formula is C47H86O14P2. The Morgan fingerprint density at radius 1 is 0.587 bits per heavy atom. The molecule has 0 aliphatic carbocycles. The van der Waals surface area contributed by atoms with E-state index in [-0.39, 0.29) is 12.8 Å². The first-order chi connectivity index (χ1) is 30.2. The lowest BCUT2D eigenvalue weighted by Crippen LogP contribution is -2.29. The van der Waals surface area contributed by atoms with Crippen molar-refractivity contribution in [2.24, 2.45) is 5.92 Å². The number of carbonyl (C=O) groups is 2. The van der Waals surface area contributed by atoms with Crippen LogP contribution in [-0.2, 0) is 46.5 Å². The second kappa shape index (κ2) is 38.4. The Labute approximate surface area is 380 Å². The van der Waals surface area contributed by atoms with Crippen molar-refractivity contribution in [3.05, 3.63) is 36.5 Å². The molecular weight excluding hydrogens is 850 g/mol. The Kier molecular flexibility index (Phi) is 36.2. The third-order valence-electron chi connectivity index (χ3n) is 10.6. The van der Waals surface area contributed by atoms with Gasteiger partial charge in [-0.25, -0.2) is 9.13 Å². The van der Waals surface area contributed by atoms with Gasteiger partial charge < -0.3 is 34.0 Å². The van der Waals surface area contributed by atoms with Crippen LogP contribution in [0.3, 0.4) is 0 Å². The monoisotopic (exact) mass is 937 g/mol. The van der Waals surface area contributed by atoms with Gasteiger partial charge in [0.25, 0.3) is 0 Å². The summed E-state index contributed by atoms with van der Waals surface area (Å²) in [7, 11) is -9.70. The van der Waals surface area contributed by atoms with Crippen LogP contribution in [-0.4, -0.2) is 82.6 Å². The Bertz CT molecular complexity index is 1330. The third-order valence-corrected chi connectivity index (χ3v) is 12.0. The Hall–Kier alpha value is -1.70. The first-order valence-electron chi connectivity index (χ1n) is 24.2. The minimum absolute atomic E-state index is 0.0515. The largest absolute Gasteiger partial charge is 0.472 e. The molecule has 0 aromatic heterocycles. The maximum atomic E-state index is 12.7. The maximum Gasteiger partial charge on any atom is 0.472 e. The molecule has 368 valence electrons. The second-order valence-electron chi connectivity index (χ2n) is 17.3. The van der Waals surface area contributed by atoms with Gasteiger partial charge in [0.2, 0.25) is 0 Å². The quantitative estimate of drug-likeness (QED) is 0.0147. The molecule has 1 aliphatic rings. The highest BCUT2D eigenvalue weighted by Gasteiger charge is 2.36. The predicted molar refractivity (Wildman–Crippen MR) is 248 cm³/mol. The van der Waals surface area contributed by atoms with E-state index >= 15 is 0 Å². The van der Waals surface area contributed by atoms with Gasteiger partial charge in [0.1, 0.15) is 12.7 Å². The molecule has 0 saturated carbocycles. The van der Waals surface area contributed by atoms with Crippen LogP contribution in [0.25, 0.3) is 0 Å². The van der Waals surface area contributed by atoms with Crippen molar-refractivity contribution in [1.82, 2.24) is 0 Å². The topological polar surface area (TPSA) is 208 Å². The van der Waals surface area contributed by atoms with Gasteiger partial charge in [-0.05, 0) is 57.3 Å². The van der Waals surface area contributed by atoms with Gasteiger partial charge in [0.05, 0.1) is 32.0 Å². The number of hydrogen-bond donors (Lipinski definition) is 4.